The van der Waals surface area contributed by atoms with E-state index in [1.54, 1.807) is 0 Å². The average Bonchev–Trinajstić information content (AvgIpc) is 2.24. The SMILES string of the molecule is CCC(CC)CNc1ccc(Cl)c(Cl)c1. The van der Waals surface area contributed by atoms with E-state index in [-0.39, 0.29) is 0 Å². The zero-order valence-electron chi connectivity index (χ0n) is 9.19. The van der Waals surface area contributed by atoms with Crippen molar-refractivity contribution in [1.29, 1.82) is 0 Å². The lowest BCUT2D eigenvalue weighted by Gasteiger charge is -2.14. The lowest BCUT2D eigenvalue weighted by atomic mass is 10.0. The van der Waals surface area contributed by atoms with Crippen molar-refractivity contribution in [2.45, 2.75) is 26.7 Å². The lowest BCUT2D eigenvalue weighted by Crippen LogP contribution is -2.12. The molecule has 0 atom stereocenters. The van der Waals surface area contributed by atoms with Gasteiger partial charge in [0.25, 0.3) is 0 Å². The zero-order valence-corrected chi connectivity index (χ0v) is 10.7. The quantitative estimate of drug-likeness (QED) is 0.783. The van der Waals surface area contributed by atoms with Gasteiger partial charge < -0.3 is 5.32 Å². The predicted molar refractivity (Wildman–Crippen MR) is 69.0 cm³/mol. The number of rotatable bonds is 5. The first-order chi connectivity index (χ1) is 7.17. The molecule has 0 heterocycles. The standard InChI is InChI=1S/C12H17Cl2N/c1-3-9(4-2)8-15-10-5-6-11(13)12(14)7-10/h5-7,9,15H,3-4,8H2,1-2H3. The maximum Gasteiger partial charge on any atom is 0.0612 e. The van der Waals surface area contributed by atoms with E-state index >= 15 is 0 Å². The fourth-order valence-electron chi connectivity index (χ4n) is 1.45. The molecule has 0 unspecified atom stereocenters. The largest absolute Gasteiger partial charge is 0.385 e. The van der Waals surface area contributed by atoms with Gasteiger partial charge in [0.15, 0.2) is 0 Å². The predicted octanol–water partition coefficient (Wildman–Crippen LogP) is 4.84. The minimum atomic E-state index is 0.602. The molecule has 0 aliphatic carbocycles. The molecule has 0 radical (unpaired) electrons. The second-order valence-corrected chi connectivity index (χ2v) is 4.51. The van der Waals surface area contributed by atoms with E-state index < -0.39 is 0 Å². The molecule has 0 aromatic heterocycles. The molecule has 1 nitrogen and oxygen atoms in total. The number of anilines is 1. The minimum Gasteiger partial charge on any atom is -0.385 e. The van der Waals surface area contributed by atoms with Crippen molar-refractivity contribution in [3.63, 3.8) is 0 Å². The summed E-state index contributed by atoms with van der Waals surface area (Å²) in [5, 5.41) is 4.58. The third kappa shape index (κ3) is 3.92. The van der Waals surface area contributed by atoms with Crippen molar-refractivity contribution in [2.24, 2.45) is 5.92 Å². The summed E-state index contributed by atoms with van der Waals surface area (Å²) in [4.78, 5) is 0. The van der Waals surface area contributed by atoms with Gasteiger partial charge in [-0.05, 0) is 24.1 Å². The Balaban J connectivity index is 2.54. The first kappa shape index (κ1) is 12.7. The van der Waals surface area contributed by atoms with Crippen molar-refractivity contribution in [2.75, 3.05) is 11.9 Å². The van der Waals surface area contributed by atoms with E-state index in [9.17, 15) is 0 Å². The highest BCUT2D eigenvalue weighted by Gasteiger charge is 2.04. The van der Waals surface area contributed by atoms with Crippen molar-refractivity contribution in [3.05, 3.63) is 28.2 Å². The van der Waals surface area contributed by atoms with Crippen LogP contribution in [0.25, 0.3) is 0 Å². The number of hydrogen-bond acceptors (Lipinski definition) is 1. The average molecular weight is 246 g/mol. The topological polar surface area (TPSA) is 12.0 Å². The van der Waals surface area contributed by atoms with Crippen LogP contribution in [0.15, 0.2) is 18.2 Å². The number of nitrogens with one attached hydrogen (secondary N) is 1. The smallest absolute Gasteiger partial charge is 0.0612 e. The molecule has 1 N–H and O–H groups in total. The Bertz CT molecular complexity index is 308. The molecule has 1 rings (SSSR count). The van der Waals surface area contributed by atoms with Crippen LogP contribution in [0.2, 0.25) is 10.0 Å². The van der Waals surface area contributed by atoms with Crippen molar-refractivity contribution in [1.82, 2.24) is 0 Å². The van der Waals surface area contributed by atoms with E-state index in [4.69, 9.17) is 23.2 Å². The Kier molecular flexibility index (Phi) is 5.27. The van der Waals surface area contributed by atoms with Gasteiger partial charge in [-0.1, -0.05) is 49.9 Å². The maximum atomic E-state index is 5.92. The summed E-state index contributed by atoms with van der Waals surface area (Å²) in [6.45, 7) is 5.42. The van der Waals surface area contributed by atoms with Gasteiger partial charge in [-0.3, -0.25) is 0 Å². The molecule has 0 fully saturated rings. The molecular formula is C12H17Cl2N. The molecule has 84 valence electrons. The fraction of sp³-hybridized carbons (Fsp3) is 0.500. The van der Waals surface area contributed by atoms with Crippen molar-refractivity contribution < 1.29 is 0 Å². The molecule has 0 amide bonds. The second kappa shape index (κ2) is 6.24. The van der Waals surface area contributed by atoms with Crippen LogP contribution in [0.5, 0.6) is 0 Å². The van der Waals surface area contributed by atoms with Crippen LogP contribution in [-0.4, -0.2) is 6.54 Å². The number of halogens is 2. The van der Waals surface area contributed by atoms with E-state index in [0.717, 1.165) is 18.2 Å². The molecule has 0 spiro atoms. The monoisotopic (exact) mass is 245 g/mol. The third-order valence-electron chi connectivity index (χ3n) is 2.67. The maximum absolute atomic E-state index is 5.92. The first-order valence-corrected chi connectivity index (χ1v) is 6.11. The van der Waals surface area contributed by atoms with Gasteiger partial charge in [-0.2, -0.15) is 0 Å². The molecule has 0 aliphatic rings. The molecule has 3 heteroatoms. The summed E-state index contributed by atoms with van der Waals surface area (Å²) < 4.78 is 0. The Morgan fingerprint density at radius 1 is 1.13 bits per heavy atom. The van der Waals surface area contributed by atoms with Crippen LogP contribution in [0.4, 0.5) is 5.69 Å². The molecule has 1 aromatic rings. The Labute approximate surface area is 102 Å². The van der Waals surface area contributed by atoms with Gasteiger partial charge in [0.05, 0.1) is 10.0 Å². The summed E-state index contributed by atoms with van der Waals surface area (Å²) in [5.74, 6) is 0.722. The molecule has 0 saturated carbocycles. The third-order valence-corrected chi connectivity index (χ3v) is 3.41. The Hall–Kier alpha value is -0.400. The Morgan fingerprint density at radius 3 is 2.33 bits per heavy atom. The summed E-state index contributed by atoms with van der Waals surface area (Å²) in [6, 6.07) is 5.64. The molecule has 15 heavy (non-hydrogen) atoms. The van der Waals surface area contributed by atoms with E-state index in [2.05, 4.69) is 19.2 Å². The van der Waals surface area contributed by atoms with Gasteiger partial charge in [-0.25, -0.2) is 0 Å². The highest BCUT2D eigenvalue weighted by Crippen LogP contribution is 2.25. The Morgan fingerprint density at radius 2 is 1.80 bits per heavy atom. The van der Waals surface area contributed by atoms with Crippen LogP contribution >= 0.6 is 23.2 Å². The molecule has 0 bridgehead atoms. The minimum absolute atomic E-state index is 0.602. The molecule has 1 aromatic carbocycles. The van der Waals surface area contributed by atoms with Gasteiger partial charge in [0, 0.05) is 12.2 Å². The van der Waals surface area contributed by atoms with Crippen molar-refractivity contribution >= 4 is 28.9 Å². The summed E-state index contributed by atoms with van der Waals surface area (Å²) in [6.07, 6.45) is 2.40. The molecule has 0 aliphatic heterocycles. The van der Waals surface area contributed by atoms with Gasteiger partial charge in [0.2, 0.25) is 0 Å². The van der Waals surface area contributed by atoms with Crippen molar-refractivity contribution in [3.8, 4) is 0 Å². The molecular weight excluding hydrogens is 229 g/mol. The zero-order chi connectivity index (χ0) is 11.3. The molecule has 0 saturated heterocycles. The van der Waals surface area contributed by atoms with E-state index in [1.165, 1.54) is 12.8 Å². The second-order valence-electron chi connectivity index (χ2n) is 3.69. The van der Waals surface area contributed by atoms with Crippen LogP contribution in [0.1, 0.15) is 26.7 Å². The normalized spacial score (nSPS) is 10.7. The summed E-state index contributed by atoms with van der Waals surface area (Å²) in [7, 11) is 0. The van der Waals surface area contributed by atoms with Gasteiger partial charge >= 0.3 is 0 Å². The lowest BCUT2D eigenvalue weighted by molar-refractivity contribution is 0.519. The van der Waals surface area contributed by atoms with Gasteiger partial charge in [-0.15, -0.1) is 0 Å². The summed E-state index contributed by atoms with van der Waals surface area (Å²) in [5.41, 5.74) is 1.04. The highest BCUT2D eigenvalue weighted by atomic mass is 35.5. The van der Waals surface area contributed by atoms with Crippen LogP contribution in [-0.2, 0) is 0 Å². The highest BCUT2D eigenvalue weighted by molar-refractivity contribution is 6.42. The van der Waals surface area contributed by atoms with Crippen LogP contribution in [0, 0.1) is 5.92 Å². The van der Waals surface area contributed by atoms with E-state index in [1.807, 2.05) is 18.2 Å². The van der Waals surface area contributed by atoms with Gasteiger partial charge in [0.1, 0.15) is 0 Å². The number of benzene rings is 1. The number of hydrogen-bond donors (Lipinski definition) is 1. The van der Waals surface area contributed by atoms with Crippen LogP contribution < -0.4 is 5.32 Å². The van der Waals surface area contributed by atoms with Crippen LogP contribution in [0.3, 0.4) is 0 Å². The van der Waals surface area contributed by atoms with E-state index in [0.29, 0.717) is 10.0 Å². The summed E-state index contributed by atoms with van der Waals surface area (Å²) >= 11 is 11.8. The first-order valence-electron chi connectivity index (χ1n) is 5.36. The fourth-order valence-corrected chi connectivity index (χ4v) is 1.74.